The quantitative estimate of drug-likeness (QED) is 0.454. The molecule has 120 valence electrons. The summed E-state index contributed by atoms with van der Waals surface area (Å²) in [5.74, 6) is 1.63. The Hall–Kier alpha value is -0.870. The molecule has 21 heavy (non-hydrogen) atoms. The summed E-state index contributed by atoms with van der Waals surface area (Å²) in [6, 6.07) is 1.91. The summed E-state index contributed by atoms with van der Waals surface area (Å²) in [5, 5.41) is 7.14. The molecule has 0 aliphatic carbocycles. The zero-order valence-electron chi connectivity index (χ0n) is 12.7. The first kappa shape index (κ1) is 18.2. The van der Waals surface area contributed by atoms with Gasteiger partial charge in [0.2, 0.25) is 0 Å². The molecule has 1 N–H and O–H groups in total. The van der Waals surface area contributed by atoms with Crippen LogP contribution in [0.15, 0.2) is 15.6 Å². The van der Waals surface area contributed by atoms with E-state index >= 15 is 0 Å². The normalized spacial score (nSPS) is 19.3. The van der Waals surface area contributed by atoms with Gasteiger partial charge in [-0.1, -0.05) is 5.16 Å². The lowest BCUT2D eigenvalue weighted by molar-refractivity contribution is -0.0447. The number of aliphatic imine (C=N–C) groups is 1. The molecule has 0 radical (unpaired) electrons. The number of methoxy groups -OCH3 is 1. The van der Waals surface area contributed by atoms with Crippen molar-refractivity contribution in [2.75, 3.05) is 40.5 Å². The lowest BCUT2D eigenvalue weighted by Crippen LogP contribution is -2.51. The Morgan fingerprint density at radius 1 is 1.62 bits per heavy atom. The van der Waals surface area contributed by atoms with Crippen LogP contribution < -0.4 is 5.32 Å². The molecule has 1 aliphatic heterocycles. The van der Waals surface area contributed by atoms with Crippen LogP contribution in [0.2, 0.25) is 0 Å². The van der Waals surface area contributed by atoms with E-state index in [1.807, 2.05) is 13.0 Å². The molecule has 1 aromatic rings. The van der Waals surface area contributed by atoms with E-state index in [1.54, 1.807) is 14.2 Å². The number of halogens is 1. The molecule has 2 rings (SSSR count). The summed E-state index contributed by atoms with van der Waals surface area (Å²) in [7, 11) is 3.45. The highest BCUT2D eigenvalue weighted by Gasteiger charge is 2.22. The lowest BCUT2D eigenvalue weighted by atomic mass is 10.3. The fourth-order valence-corrected chi connectivity index (χ4v) is 2.20. The molecule has 0 aromatic carbocycles. The Morgan fingerprint density at radius 2 is 2.43 bits per heavy atom. The molecule has 1 unspecified atom stereocenters. The lowest BCUT2D eigenvalue weighted by Gasteiger charge is -2.34. The third-order valence-electron chi connectivity index (χ3n) is 3.10. The van der Waals surface area contributed by atoms with E-state index < -0.39 is 0 Å². The van der Waals surface area contributed by atoms with Crippen LogP contribution in [-0.4, -0.2) is 62.6 Å². The van der Waals surface area contributed by atoms with Crippen molar-refractivity contribution in [1.82, 2.24) is 15.4 Å². The number of hydrogen-bond acceptors (Lipinski definition) is 5. The van der Waals surface area contributed by atoms with Gasteiger partial charge < -0.3 is 24.2 Å². The fourth-order valence-electron chi connectivity index (χ4n) is 2.20. The van der Waals surface area contributed by atoms with Gasteiger partial charge in [0.15, 0.2) is 11.7 Å². The molecular formula is C13H23IN4O3. The second-order valence-electron chi connectivity index (χ2n) is 4.73. The third kappa shape index (κ3) is 5.44. The molecule has 1 fully saturated rings. The van der Waals surface area contributed by atoms with Crippen molar-refractivity contribution >= 4 is 29.9 Å². The van der Waals surface area contributed by atoms with Gasteiger partial charge in [-0.15, -0.1) is 24.0 Å². The van der Waals surface area contributed by atoms with Crippen molar-refractivity contribution in [3.05, 3.63) is 17.5 Å². The van der Waals surface area contributed by atoms with Crippen molar-refractivity contribution in [2.45, 2.75) is 19.6 Å². The van der Waals surface area contributed by atoms with Crippen LogP contribution in [0.5, 0.6) is 0 Å². The van der Waals surface area contributed by atoms with Crippen LogP contribution in [0.4, 0.5) is 0 Å². The van der Waals surface area contributed by atoms with Gasteiger partial charge in [-0.2, -0.15) is 0 Å². The monoisotopic (exact) mass is 410 g/mol. The largest absolute Gasteiger partial charge is 0.382 e. The molecule has 0 bridgehead atoms. The molecule has 1 aliphatic rings. The van der Waals surface area contributed by atoms with Gasteiger partial charge in [-0.25, -0.2) is 0 Å². The Morgan fingerprint density at radius 3 is 3.05 bits per heavy atom. The van der Waals surface area contributed by atoms with Crippen LogP contribution in [0.1, 0.15) is 11.5 Å². The Balaban J connectivity index is 0.00000220. The minimum atomic E-state index is 0. The van der Waals surface area contributed by atoms with Gasteiger partial charge in [0.05, 0.1) is 31.6 Å². The van der Waals surface area contributed by atoms with E-state index in [1.165, 1.54) is 0 Å². The van der Waals surface area contributed by atoms with Crippen LogP contribution in [-0.2, 0) is 16.0 Å². The van der Waals surface area contributed by atoms with Crippen molar-refractivity contribution in [3.63, 3.8) is 0 Å². The van der Waals surface area contributed by atoms with E-state index in [9.17, 15) is 0 Å². The first-order chi connectivity index (χ1) is 9.72. The summed E-state index contributed by atoms with van der Waals surface area (Å²) in [6.07, 6.45) is 0.0832. The minimum Gasteiger partial charge on any atom is -0.382 e. The summed E-state index contributed by atoms with van der Waals surface area (Å²) in [4.78, 5) is 6.46. The molecule has 1 atom stereocenters. The molecule has 1 aromatic heterocycles. The Bertz CT molecular complexity index is 450. The molecule has 0 saturated carbocycles. The fraction of sp³-hybridized carbons (Fsp3) is 0.692. The smallest absolute Gasteiger partial charge is 0.194 e. The number of nitrogens with zero attached hydrogens (tertiary/aromatic N) is 3. The average Bonchev–Trinajstić information content (AvgIpc) is 2.86. The summed E-state index contributed by atoms with van der Waals surface area (Å²) in [6.45, 7) is 5.32. The highest BCUT2D eigenvalue weighted by atomic mass is 127. The highest BCUT2D eigenvalue weighted by Crippen LogP contribution is 2.07. The zero-order chi connectivity index (χ0) is 14.4. The predicted molar refractivity (Wildman–Crippen MR) is 90.0 cm³/mol. The zero-order valence-corrected chi connectivity index (χ0v) is 15.0. The maximum atomic E-state index is 5.63. The topological polar surface area (TPSA) is 72.1 Å². The number of aryl methyl sites for hydroxylation is 1. The molecule has 1 saturated heterocycles. The molecule has 0 spiro atoms. The van der Waals surface area contributed by atoms with E-state index in [2.05, 4.69) is 20.4 Å². The SMILES string of the molecule is CN=C(NCc1cc(C)no1)N1CCOC(COC)C1.I. The first-order valence-electron chi connectivity index (χ1n) is 6.71. The number of hydrogen-bond donors (Lipinski definition) is 1. The standard InChI is InChI=1S/C13H22N4O3.HI/c1-10-6-11(20-16-10)7-15-13(14-2)17-4-5-19-12(8-17)9-18-3;/h6,12H,4-5,7-9H2,1-3H3,(H,14,15);1H. The minimum absolute atomic E-state index is 0. The van der Waals surface area contributed by atoms with Crippen LogP contribution in [0.3, 0.4) is 0 Å². The van der Waals surface area contributed by atoms with E-state index in [4.69, 9.17) is 14.0 Å². The maximum Gasteiger partial charge on any atom is 0.194 e. The number of guanidine groups is 1. The second-order valence-corrected chi connectivity index (χ2v) is 4.73. The van der Waals surface area contributed by atoms with Gasteiger partial charge in [0.25, 0.3) is 0 Å². The molecule has 0 amide bonds. The number of ether oxygens (including phenoxy) is 2. The first-order valence-corrected chi connectivity index (χ1v) is 6.71. The van der Waals surface area contributed by atoms with E-state index in [-0.39, 0.29) is 30.1 Å². The molecule has 7 nitrogen and oxygen atoms in total. The van der Waals surface area contributed by atoms with Crippen molar-refractivity contribution in [1.29, 1.82) is 0 Å². The van der Waals surface area contributed by atoms with Gasteiger partial charge in [0.1, 0.15) is 0 Å². The van der Waals surface area contributed by atoms with Crippen molar-refractivity contribution in [2.24, 2.45) is 4.99 Å². The Kier molecular flexibility index (Phi) is 7.97. The summed E-state index contributed by atoms with van der Waals surface area (Å²) < 4.78 is 15.9. The average molecular weight is 410 g/mol. The number of morpholine rings is 1. The number of nitrogens with one attached hydrogen (secondary N) is 1. The van der Waals surface area contributed by atoms with Gasteiger partial charge in [-0.05, 0) is 6.92 Å². The van der Waals surface area contributed by atoms with Gasteiger partial charge in [0, 0.05) is 33.3 Å². The molecule has 2 heterocycles. The van der Waals surface area contributed by atoms with Gasteiger partial charge in [-0.3, -0.25) is 4.99 Å². The van der Waals surface area contributed by atoms with E-state index in [0.717, 1.165) is 30.5 Å². The summed E-state index contributed by atoms with van der Waals surface area (Å²) >= 11 is 0. The van der Waals surface area contributed by atoms with E-state index in [0.29, 0.717) is 19.8 Å². The molecular weight excluding hydrogens is 387 g/mol. The molecule has 8 heteroatoms. The number of rotatable bonds is 4. The van der Waals surface area contributed by atoms with Crippen molar-refractivity contribution in [3.8, 4) is 0 Å². The summed E-state index contributed by atoms with van der Waals surface area (Å²) in [5.41, 5.74) is 0.878. The van der Waals surface area contributed by atoms with Crippen LogP contribution in [0, 0.1) is 6.92 Å². The third-order valence-corrected chi connectivity index (χ3v) is 3.10. The van der Waals surface area contributed by atoms with Crippen LogP contribution >= 0.6 is 24.0 Å². The Labute approximate surface area is 142 Å². The van der Waals surface area contributed by atoms with Crippen LogP contribution in [0.25, 0.3) is 0 Å². The van der Waals surface area contributed by atoms with Crippen molar-refractivity contribution < 1.29 is 14.0 Å². The predicted octanol–water partition coefficient (Wildman–Crippen LogP) is 1.02. The highest BCUT2D eigenvalue weighted by molar-refractivity contribution is 14.0. The van der Waals surface area contributed by atoms with Gasteiger partial charge >= 0.3 is 0 Å². The maximum absolute atomic E-state index is 5.63. The second kappa shape index (κ2) is 9.21. The number of aromatic nitrogens is 1.